The third-order valence-electron chi connectivity index (χ3n) is 5.48. The molecule has 1 aromatic carbocycles. The van der Waals surface area contributed by atoms with Crippen LogP contribution in [0.15, 0.2) is 59.4 Å². The van der Waals surface area contributed by atoms with Gasteiger partial charge in [0.2, 0.25) is 5.91 Å². The smallest absolute Gasteiger partial charge is 0.273 e. The second-order valence-corrected chi connectivity index (χ2v) is 7.93. The molecule has 1 aliphatic rings. The number of carbonyl (C=O) groups excluding carboxylic acids is 3. The molecule has 3 heterocycles. The zero-order valence-corrected chi connectivity index (χ0v) is 18.3. The van der Waals surface area contributed by atoms with Crippen LogP contribution in [0.5, 0.6) is 0 Å². The van der Waals surface area contributed by atoms with Crippen LogP contribution >= 0.6 is 0 Å². The Morgan fingerprint density at radius 2 is 1.97 bits per heavy atom. The molecule has 2 aromatic heterocycles. The van der Waals surface area contributed by atoms with Gasteiger partial charge in [0.05, 0.1) is 6.04 Å². The van der Waals surface area contributed by atoms with Gasteiger partial charge in [-0.3, -0.25) is 19.4 Å². The van der Waals surface area contributed by atoms with Crippen LogP contribution in [0.4, 0.5) is 5.69 Å². The van der Waals surface area contributed by atoms with Crippen molar-refractivity contribution in [1.82, 2.24) is 20.4 Å². The number of nitrogens with zero attached hydrogens (tertiary/aromatic N) is 3. The van der Waals surface area contributed by atoms with Crippen LogP contribution < -0.4 is 10.6 Å². The third kappa shape index (κ3) is 5.43. The fraction of sp³-hybridized carbons (Fsp3) is 0.292. The molecule has 0 spiro atoms. The number of aromatic nitrogens is 2. The minimum absolute atomic E-state index is 0.131. The standard InChI is InChI=1S/C24H25N5O4/c1-16(30)27-19-9-7-18(8-10-19)24(32)29-12-3-2-6-21(29)22-13-20(28-33-22)23(31)26-15-17-5-4-11-25-14-17/h4-5,7-11,13-14,21H,2-3,6,12,15H2,1H3,(H,26,31)(H,27,30). The van der Waals surface area contributed by atoms with E-state index in [0.717, 1.165) is 24.8 Å². The Bertz CT molecular complexity index is 1130. The Balaban J connectivity index is 1.45. The summed E-state index contributed by atoms with van der Waals surface area (Å²) in [6.07, 6.45) is 5.91. The van der Waals surface area contributed by atoms with Crippen LogP contribution in [-0.2, 0) is 11.3 Å². The molecule has 3 aromatic rings. The lowest BCUT2D eigenvalue weighted by atomic mass is 9.98. The van der Waals surface area contributed by atoms with E-state index >= 15 is 0 Å². The molecule has 1 atom stereocenters. The molecule has 1 saturated heterocycles. The molecule has 33 heavy (non-hydrogen) atoms. The highest BCUT2D eigenvalue weighted by Crippen LogP contribution is 2.32. The summed E-state index contributed by atoms with van der Waals surface area (Å²) >= 11 is 0. The number of piperidine rings is 1. The SMILES string of the molecule is CC(=O)Nc1ccc(C(=O)N2CCCCC2c2cc(C(=O)NCc3cccnc3)no2)cc1. The summed E-state index contributed by atoms with van der Waals surface area (Å²) in [6.45, 7) is 2.35. The average molecular weight is 447 g/mol. The number of nitrogens with one attached hydrogen (secondary N) is 2. The largest absolute Gasteiger partial charge is 0.358 e. The molecule has 0 saturated carbocycles. The molecule has 1 fully saturated rings. The van der Waals surface area contributed by atoms with E-state index in [1.165, 1.54) is 6.92 Å². The van der Waals surface area contributed by atoms with E-state index in [1.54, 1.807) is 53.7 Å². The van der Waals surface area contributed by atoms with E-state index in [4.69, 9.17) is 4.52 Å². The number of pyridine rings is 1. The second kappa shape index (κ2) is 10.1. The summed E-state index contributed by atoms with van der Waals surface area (Å²) in [5.41, 5.74) is 2.20. The van der Waals surface area contributed by atoms with Crippen molar-refractivity contribution in [2.24, 2.45) is 0 Å². The van der Waals surface area contributed by atoms with Crippen molar-refractivity contribution < 1.29 is 18.9 Å². The van der Waals surface area contributed by atoms with E-state index in [-0.39, 0.29) is 29.5 Å². The lowest BCUT2D eigenvalue weighted by Crippen LogP contribution is -2.38. The molecular formula is C24H25N5O4. The van der Waals surface area contributed by atoms with Gasteiger partial charge in [0.15, 0.2) is 11.5 Å². The molecule has 0 bridgehead atoms. The first-order valence-corrected chi connectivity index (χ1v) is 10.8. The summed E-state index contributed by atoms with van der Waals surface area (Å²) in [7, 11) is 0. The van der Waals surface area contributed by atoms with Gasteiger partial charge in [-0.2, -0.15) is 0 Å². The molecule has 3 amide bonds. The number of rotatable bonds is 6. The van der Waals surface area contributed by atoms with E-state index in [2.05, 4.69) is 20.8 Å². The van der Waals surface area contributed by atoms with Crippen molar-refractivity contribution in [2.45, 2.75) is 38.8 Å². The van der Waals surface area contributed by atoms with Gasteiger partial charge in [-0.1, -0.05) is 11.2 Å². The quantitative estimate of drug-likeness (QED) is 0.599. The molecular weight excluding hydrogens is 422 g/mol. The highest BCUT2D eigenvalue weighted by molar-refractivity contribution is 5.96. The van der Waals surface area contributed by atoms with Crippen molar-refractivity contribution in [1.29, 1.82) is 0 Å². The van der Waals surface area contributed by atoms with Gasteiger partial charge in [-0.15, -0.1) is 0 Å². The number of anilines is 1. The Morgan fingerprint density at radius 1 is 1.15 bits per heavy atom. The van der Waals surface area contributed by atoms with Crippen molar-refractivity contribution in [3.05, 3.63) is 77.4 Å². The Labute approximate surface area is 191 Å². The van der Waals surface area contributed by atoms with Crippen LogP contribution in [0.1, 0.15) is 64.4 Å². The maximum atomic E-state index is 13.2. The molecule has 1 aliphatic heterocycles. The van der Waals surface area contributed by atoms with Gasteiger partial charge in [0, 0.05) is 49.7 Å². The predicted molar refractivity (Wildman–Crippen MR) is 120 cm³/mol. The highest BCUT2D eigenvalue weighted by atomic mass is 16.5. The van der Waals surface area contributed by atoms with Crippen molar-refractivity contribution in [3.8, 4) is 0 Å². The predicted octanol–water partition coefficient (Wildman–Crippen LogP) is 3.33. The van der Waals surface area contributed by atoms with Gasteiger partial charge < -0.3 is 20.1 Å². The summed E-state index contributed by atoms with van der Waals surface area (Å²) in [5, 5.41) is 9.42. The Kier molecular flexibility index (Phi) is 6.77. The number of amides is 3. The minimum Gasteiger partial charge on any atom is -0.358 e. The van der Waals surface area contributed by atoms with Gasteiger partial charge in [0.1, 0.15) is 0 Å². The Morgan fingerprint density at radius 3 is 2.70 bits per heavy atom. The zero-order valence-electron chi connectivity index (χ0n) is 18.3. The molecule has 4 rings (SSSR count). The minimum atomic E-state index is -0.351. The summed E-state index contributed by atoms with van der Waals surface area (Å²) in [4.78, 5) is 42.7. The topological polar surface area (TPSA) is 117 Å². The van der Waals surface area contributed by atoms with E-state index in [9.17, 15) is 14.4 Å². The number of hydrogen-bond acceptors (Lipinski definition) is 6. The van der Waals surface area contributed by atoms with Crippen LogP contribution in [0.2, 0.25) is 0 Å². The molecule has 0 aliphatic carbocycles. The molecule has 2 N–H and O–H groups in total. The van der Waals surface area contributed by atoms with Gasteiger partial charge >= 0.3 is 0 Å². The van der Waals surface area contributed by atoms with Crippen LogP contribution in [-0.4, -0.2) is 39.3 Å². The molecule has 9 heteroatoms. The van der Waals surface area contributed by atoms with Gasteiger partial charge in [-0.05, 0) is 55.2 Å². The summed E-state index contributed by atoms with van der Waals surface area (Å²) < 4.78 is 5.49. The monoisotopic (exact) mass is 447 g/mol. The number of hydrogen-bond donors (Lipinski definition) is 2. The number of carbonyl (C=O) groups is 3. The summed E-state index contributed by atoms with van der Waals surface area (Å²) in [6, 6.07) is 11.8. The van der Waals surface area contributed by atoms with Crippen molar-refractivity contribution in [2.75, 3.05) is 11.9 Å². The van der Waals surface area contributed by atoms with Gasteiger partial charge in [0.25, 0.3) is 11.8 Å². The van der Waals surface area contributed by atoms with Crippen LogP contribution in [0.25, 0.3) is 0 Å². The van der Waals surface area contributed by atoms with E-state index in [0.29, 0.717) is 30.1 Å². The second-order valence-electron chi connectivity index (χ2n) is 7.93. The first-order valence-electron chi connectivity index (χ1n) is 10.8. The maximum absolute atomic E-state index is 13.2. The lowest BCUT2D eigenvalue weighted by Gasteiger charge is -2.34. The maximum Gasteiger partial charge on any atom is 0.273 e. The average Bonchev–Trinajstić information content (AvgIpc) is 3.33. The first kappa shape index (κ1) is 22.2. The third-order valence-corrected chi connectivity index (χ3v) is 5.48. The fourth-order valence-electron chi connectivity index (χ4n) is 3.86. The zero-order chi connectivity index (χ0) is 23.2. The van der Waals surface area contributed by atoms with Crippen molar-refractivity contribution >= 4 is 23.4 Å². The molecule has 0 radical (unpaired) electrons. The Hall–Kier alpha value is -4.01. The lowest BCUT2D eigenvalue weighted by molar-refractivity contribution is -0.114. The summed E-state index contributed by atoms with van der Waals surface area (Å²) in [5.74, 6) is -0.163. The van der Waals surface area contributed by atoms with Crippen molar-refractivity contribution in [3.63, 3.8) is 0 Å². The van der Waals surface area contributed by atoms with E-state index < -0.39 is 0 Å². The highest BCUT2D eigenvalue weighted by Gasteiger charge is 2.32. The van der Waals surface area contributed by atoms with Crippen LogP contribution in [0, 0.1) is 0 Å². The number of benzene rings is 1. The number of likely N-dealkylation sites (tertiary alicyclic amines) is 1. The normalized spacial score (nSPS) is 15.7. The molecule has 1 unspecified atom stereocenters. The molecule has 9 nitrogen and oxygen atoms in total. The fourth-order valence-corrected chi connectivity index (χ4v) is 3.86. The van der Waals surface area contributed by atoms with Gasteiger partial charge in [-0.25, -0.2) is 0 Å². The first-order chi connectivity index (χ1) is 16.0. The molecule has 170 valence electrons. The van der Waals surface area contributed by atoms with E-state index in [1.807, 2.05) is 6.07 Å². The van der Waals surface area contributed by atoms with Crippen LogP contribution in [0.3, 0.4) is 0 Å².